The number of hydrogen-bond donors (Lipinski definition) is 0. The van der Waals surface area contributed by atoms with Gasteiger partial charge >= 0.3 is 0 Å². The molecule has 5 nitrogen and oxygen atoms in total. The average molecular weight is 313 g/mol. The monoisotopic (exact) mass is 313 g/mol. The Labute approximate surface area is 128 Å². The maximum absolute atomic E-state index is 12.9. The van der Waals surface area contributed by atoms with Crippen molar-refractivity contribution in [2.75, 3.05) is 0 Å². The molecule has 0 unspecified atom stereocenters. The van der Waals surface area contributed by atoms with E-state index in [-0.39, 0.29) is 9.92 Å². The standard InChI is InChI=1S/C16H15N3O2S/c1-11-2-6-13(7-3-11)22(20,21)14-10-18-15(12-4-5-12)16-17-8-9-19(14)16/h2-3,6-10,12H,4-5H2,1H3. The largest absolute Gasteiger partial charge is 0.287 e. The van der Waals surface area contributed by atoms with Crippen molar-refractivity contribution in [3.63, 3.8) is 0 Å². The Balaban J connectivity index is 1.92. The predicted octanol–water partition coefficient (Wildman–Crippen LogP) is 2.75. The fourth-order valence-electron chi connectivity index (χ4n) is 2.60. The van der Waals surface area contributed by atoms with Crippen LogP contribution in [0.15, 0.2) is 52.8 Å². The summed E-state index contributed by atoms with van der Waals surface area (Å²) in [7, 11) is -3.61. The van der Waals surface area contributed by atoms with Gasteiger partial charge in [0.2, 0.25) is 9.84 Å². The molecule has 1 fully saturated rings. The highest BCUT2D eigenvalue weighted by molar-refractivity contribution is 7.91. The van der Waals surface area contributed by atoms with Gasteiger partial charge in [-0.15, -0.1) is 0 Å². The number of benzene rings is 1. The summed E-state index contributed by atoms with van der Waals surface area (Å²) in [4.78, 5) is 8.96. The van der Waals surface area contributed by atoms with Gasteiger partial charge in [-0.05, 0) is 31.9 Å². The van der Waals surface area contributed by atoms with E-state index in [1.165, 1.54) is 6.20 Å². The zero-order chi connectivity index (χ0) is 15.3. The lowest BCUT2D eigenvalue weighted by Crippen LogP contribution is -2.10. The zero-order valence-electron chi connectivity index (χ0n) is 12.1. The molecule has 0 spiro atoms. The number of sulfone groups is 1. The summed E-state index contributed by atoms with van der Waals surface area (Å²) in [6.07, 6.45) is 6.96. The summed E-state index contributed by atoms with van der Waals surface area (Å²) in [5.41, 5.74) is 2.57. The molecule has 0 bridgehead atoms. The Hall–Kier alpha value is -2.21. The molecule has 112 valence electrons. The maximum atomic E-state index is 12.9. The molecule has 4 rings (SSSR count). The second kappa shape index (κ2) is 4.64. The fourth-order valence-corrected chi connectivity index (χ4v) is 3.93. The molecule has 0 N–H and O–H groups in total. The summed E-state index contributed by atoms with van der Waals surface area (Å²) in [5, 5.41) is 0.160. The zero-order valence-corrected chi connectivity index (χ0v) is 12.9. The van der Waals surface area contributed by atoms with Gasteiger partial charge in [-0.3, -0.25) is 9.38 Å². The molecular weight excluding hydrogens is 298 g/mol. The molecule has 22 heavy (non-hydrogen) atoms. The van der Waals surface area contributed by atoms with Crippen LogP contribution < -0.4 is 0 Å². The molecule has 0 atom stereocenters. The summed E-state index contributed by atoms with van der Waals surface area (Å²) in [6.45, 7) is 1.93. The van der Waals surface area contributed by atoms with Gasteiger partial charge in [0.05, 0.1) is 16.8 Å². The van der Waals surface area contributed by atoms with Crippen LogP contribution in [0.4, 0.5) is 0 Å². The molecule has 3 aromatic rings. The summed E-state index contributed by atoms with van der Waals surface area (Å²) in [5.74, 6) is 0.418. The molecule has 2 aromatic heterocycles. The first-order valence-corrected chi connectivity index (χ1v) is 8.69. The van der Waals surface area contributed by atoms with Gasteiger partial charge in [-0.2, -0.15) is 0 Å². The Morgan fingerprint density at radius 2 is 1.86 bits per heavy atom. The number of nitrogens with zero attached hydrogens (tertiary/aromatic N) is 3. The minimum atomic E-state index is -3.61. The molecule has 0 amide bonds. The van der Waals surface area contributed by atoms with Crippen LogP contribution in [0.2, 0.25) is 0 Å². The van der Waals surface area contributed by atoms with Crippen LogP contribution >= 0.6 is 0 Å². The van der Waals surface area contributed by atoms with Gasteiger partial charge < -0.3 is 0 Å². The van der Waals surface area contributed by atoms with Crippen molar-refractivity contribution in [2.45, 2.75) is 35.6 Å². The minimum Gasteiger partial charge on any atom is -0.287 e. The van der Waals surface area contributed by atoms with Crippen molar-refractivity contribution in [1.29, 1.82) is 0 Å². The Morgan fingerprint density at radius 3 is 2.55 bits per heavy atom. The predicted molar refractivity (Wildman–Crippen MR) is 81.6 cm³/mol. The molecule has 1 aliphatic carbocycles. The van der Waals surface area contributed by atoms with E-state index >= 15 is 0 Å². The number of rotatable bonds is 3. The van der Waals surface area contributed by atoms with E-state index in [2.05, 4.69) is 9.97 Å². The molecule has 0 aliphatic heterocycles. The first-order chi connectivity index (χ1) is 10.6. The highest BCUT2D eigenvalue weighted by Gasteiger charge is 2.30. The molecule has 1 saturated carbocycles. The molecule has 2 heterocycles. The second-order valence-electron chi connectivity index (χ2n) is 5.69. The Kier molecular flexibility index (Phi) is 2.84. The Bertz CT molecular complexity index is 955. The van der Waals surface area contributed by atoms with Crippen LogP contribution in [0, 0.1) is 6.92 Å². The summed E-state index contributed by atoms with van der Waals surface area (Å²) >= 11 is 0. The van der Waals surface area contributed by atoms with Crippen molar-refractivity contribution in [3.05, 3.63) is 54.1 Å². The first-order valence-electron chi connectivity index (χ1n) is 7.21. The highest BCUT2D eigenvalue weighted by Crippen LogP contribution is 2.40. The number of aromatic nitrogens is 3. The number of imidazole rings is 1. The summed E-state index contributed by atoms with van der Waals surface area (Å²) in [6, 6.07) is 6.85. The van der Waals surface area contributed by atoms with Crippen LogP contribution in [0.25, 0.3) is 5.65 Å². The van der Waals surface area contributed by atoms with Crippen LogP contribution in [-0.2, 0) is 9.84 Å². The normalized spacial score (nSPS) is 15.3. The lowest BCUT2D eigenvalue weighted by Gasteiger charge is -2.09. The molecule has 1 aliphatic rings. The van der Waals surface area contributed by atoms with Crippen LogP contribution in [0.5, 0.6) is 0 Å². The van der Waals surface area contributed by atoms with Gasteiger partial charge in [-0.25, -0.2) is 13.4 Å². The lowest BCUT2D eigenvalue weighted by atomic mass is 10.2. The molecule has 6 heteroatoms. The van der Waals surface area contributed by atoms with Crippen molar-refractivity contribution in [2.24, 2.45) is 0 Å². The molecule has 0 radical (unpaired) electrons. The third kappa shape index (κ3) is 2.02. The number of fused-ring (bicyclic) bond motifs is 1. The SMILES string of the molecule is Cc1ccc(S(=O)(=O)c2cnc(C3CC3)c3nccn23)cc1. The van der Waals surface area contributed by atoms with Crippen molar-refractivity contribution >= 4 is 15.5 Å². The molecule has 0 saturated heterocycles. The lowest BCUT2D eigenvalue weighted by molar-refractivity contribution is 0.589. The van der Waals surface area contributed by atoms with Crippen LogP contribution in [-0.4, -0.2) is 22.8 Å². The van der Waals surface area contributed by atoms with Gasteiger partial charge in [0.1, 0.15) is 0 Å². The average Bonchev–Trinajstić information content (AvgIpc) is 3.23. The fraction of sp³-hybridized carbons (Fsp3) is 0.250. The van der Waals surface area contributed by atoms with Crippen molar-refractivity contribution in [3.8, 4) is 0 Å². The molecular formula is C16H15N3O2S. The van der Waals surface area contributed by atoms with E-state index in [4.69, 9.17) is 0 Å². The van der Waals surface area contributed by atoms with E-state index < -0.39 is 9.84 Å². The van der Waals surface area contributed by atoms with Gasteiger partial charge in [-0.1, -0.05) is 17.7 Å². The number of hydrogen-bond acceptors (Lipinski definition) is 4. The third-order valence-electron chi connectivity index (χ3n) is 3.99. The third-order valence-corrected chi connectivity index (χ3v) is 5.74. The Morgan fingerprint density at radius 1 is 1.14 bits per heavy atom. The topological polar surface area (TPSA) is 64.3 Å². The first kappa shape index (κ1) is 13.5. The molecule has 1 aromatic carbocycles. The van der Waals surface area contributed by atoms with Crippen molar-refractivity contribution in [1.82, 2.24) is 14.4 Å². The summed E-state index contributed by atoms with van der Waals surface area (Å²) < 4.78 is 27.4. The van der Waals surface area contributed by atoms with E-state index in [1.54, 1.807) is 41.1 Å². The van der Waals surface area contributed by atoms with Crippen LogP contribution in [0.1, 0.15) is 30.0 Å². The quantitative estimate of drug-likeness (QED) is 0.746. The van der Waals surface area contributed by atoms with E-state index in [0.717, 1.165) is 24.1 Å². The van der Waals surface area contributed by atoms with E-state index in [1.807, 2.05) is 6.92 Å². The van der Waals surface area contributed by atoms with Crippen LogP contribution in [0.3, 0.4) is 0 Å². The minimum absolute atomic E-state index is 0.160. The maximum Gasteiger partial charge on any atom is 0.223 e. The van der Waals surface area contributed by atoms with E-state index in [9.17, 15) is 8.42 Å². The van der Waals surface area contributed by atoms with E-state index in [0.29, 0.717) is 11.6 Å². The second-order valence-corrected chi connectivity index (χ2v) is 7.59. The van der Waals surface area contributed by atoms with Gasteiger partial charge in [0, 0.05) is 18.3 Å². The smallest absolute Gasteiger partial charge is 0.223 e. The number of aryl methyl sites for hydroxylation is 1. The van der Waals surface area contributed by atoms with Crippen molar-refractivity contribution < 1.29 is 8.42 Å². The highest BCUT2D eigenvalue weighted by atomic mass is 32.2. The van der Waals surface area contributed by atoms with Gasteiger partial charge in [0.15, 0.2) is 10.7 Å². The van der Waals surface area contributed by atoms with Gasteiger partial charge in [0.25, 0.3) is 0 Å².